The Hall–Kier alpha value is -2.41. The van der Waals surface area contributed by atoms with Crippen molar-refractivity contribution in [2.24, 2.45) is 0 Å². The molecule has 1 spiro atoms. The van der Waals surface area contributed by atoms with Gasteiger partial charge in [-0.1, -0.05) is 19.3 Å². The van der Waals surface area contributed by atoms with Gasteiger partial charge >= 0.3 is 0 Å². The van der Waals surface area contributed by atoms with Gasteiger partial charge in [-0.3, -0.25) is 9.78 Å². The van der Waals surface area contributed by atoms with Crippen LogP contribution in [0.2, 0.25) is 0 Å². The third-order valence-corrected chi connectivity index (χ3v) is 5.79. The fraction of sp³-hybridized carbons (Fsp3) is 0.526. The Balaban J connectivity index is 1.33. The summed E-state index contributed by atoms with van der Waals surface area (Å²) in [5, 5.41) is 0. The van der Waals surface area contributed by atoms with E-state index in [1.807, 2.05) is 6.20 Å². The van der Waals surface area contributed by atoms with Gasteiger partial charge in [0.2, 0.25) is 0 Å². The van der Waals surface area contributed by atoms with Crippen LogP contribution in [0.25, 0.3) is 0 Å². The van der Waals surface area contributed by atoms with E-state index >= 15 is 0 Å². The Labute approximate surface area is 151 Å². The minimum Gasteiger partial charge on any atom is -0.360 e. The van der Waals surface area contributed by atoms with Crippen LogP contribution in [0.3, 0.4) is 0 Å². The molecule has 3 aliphatic rings. The van der Waals surface area contributed by atoms with Gasteiger partial charge in [-0.25, -0.2) is 15.0 Å². The Morgan fingerprint density at radius 2 is 1.96 bits per heavy atom. The summed E-state index contributed by atoms with van der Waals surface area (Å²) in [7, 11) is 0. The topological polar surface area (TPSA) is 81.1 Å². The monoisotopic (exact) mass is 351 g/mol. The number of ether oxygens (including phenoxy) is 1. The van der Waals surface area contributed by atoms with Crippen molar-refractivity contribution in [3.63, 3.8) is 0 Å². The second kappa shape index (κ2) is 6.09. The van der Waals surface area contributed by atoms with Crippen LogP contribution in [0.4, 0.5) is 0 Å². The molecule has 0 radical (unpaired) electrons. The van der Waals surface area contributed by atoms with Crippen LogP contribution in [0.15, 0.2) is 24.8 Å². The lowest BCUT2D eigenvalue weighted by Gasteiger charge is -2.46. The molecule has 0 bridgehead atoms. The molecule has 2 aromatic rings. The van der Waals surface area contributed by atoms with E-state index in [-0.39, 0.29) is 5.91 Å². The highest BCUT2D eigenvalue weighted by Crippen LogP contribution is 2.43. The molecular formula is C19H21N5O2. The van der Waals surface area contributed by atoms with Gasteiger partial charge in [0.1, 0.15) is 17.1 Å². The van der Waals surface area contributed by atoms with E-state index in [1.165, 1.54) is 44.5 Å². The van der Waals surface area contributed by atoms with Crippen molar-refractivity contribution >= 4 is 5.91 Å². The van der Waals surface area contributed by atoms with E-state index in [0.717, 1.165) is 17.1 Å². The highest BCUT2D eigenvalue weighted by molar-refractivity contribution is 5.92. The number of carbonyl (C=O) groups is 1. The molecule has 4 heterocycles. The van der Waals surface area contributed by atoms with Gasteiger partial charge in [-0.05, 0) is 12.8 Å². The summed E-state index contributed by atoms with van der Waals surface area (Å²) in [6, 6.07) is 0. The first kappa shape index (κ1) is 15.8. The maximum absolute atomic E-state index is 12.5. The number of rotatable bonds is 2. The van der Waals surface area contributed by atoms with Crippen molar-refractivity contribution in [3.8, 4) is 0 Å². The van der Waals surface area contributed by atoms with Crippen LogP contribution in [0.5, 0.6) is 0 Å². The SMILES string of the molecule is O=C(c1cnccn1)N1CC2(C1)OCc1nc(C3CCCCC3)ncc12. The van der Waals surface area contributed by atoms with Crippen LogP contribution in [0, 0.1) is 0 Å². The Morgan fingerprint density at radius 1 is 1.12 bits per heavy atom. The van der Waals surface area contributed by atoms with Crippen molar-refractivity contribution in [2.45, 2.75) is 50.2 Å². The smallest absolute Gasteiger partial charge is 0.274 e. The summed E-state index contributed by atoms with van der Waals surface area (Å²) in [6.07, 6.45) is 12.8. The summed E-state index contributed by atoms with van der Waals surface area (Å²) in [6.45, 7) is 1.54. The third-order valence-electron chi connectivity index (χ3n) is 5.79. The molecule has 26 heavy (non-hydrogen) atoms. The van der Waals surface area contributed by atoms with E-state index in [1.54, 1.807) is 11.1 Å². The van der Waals surface area contributed by atoms with Crippen molar-refractivity contribution < 1.29 is 9.53 Å². The Kier molecular flexibility index (Phi) is 3.70. The zero-order valence-electron chi connectivity index (χ0n) is 14.6. The van der Waals surface area contributed by atoms with Crippen molar-refractivity contribution in [2.75, 3.05) is 13.1 Å². The van der Waals surface area contributed by atoms with Gasteiger partial charge in [0.15, 0.2) is 0 Å². The number of aromatic nitrogens is 4. The van der Waals surface area contributed by atoms with E-state index in [4.69, 9.17) is 9.72 Å². The molecular weight excluding hydrogens is 330 g/mol. The molecule has 5 rings (SSSR count). The molecule has 2 aromatic heterocycles. The quantitative estimate of drug-likeness (QED) is 0.825. The van der Waals surface area contributed by atoms with Crippen LogP contribution in [-0.4, -0.2) is 43.8 Å². The third kappa shape index (κ3) is 2.49. The molecule has 2 aliphatic heterocycles. The average Bonchev–Trinajstić information content (AvgIpc) is 3.07. The van der Waals surface area contributed by atoms with Crippen LogP contribution in [0.1, 0.15) is 65.6 Å². The maximum atomic E-state index is 12.5. The van der Waals surface area contributed by atoms with Crippen molar-refractivity contribution in [1.82, 2.24) is 24.8 Å². The molecule has 2 fully saturated rings. The second-order valence-electron chi connectivity index (χ2n) is 7.46. The zero-order chi connectivity index (χ0) is 17.6. The molecule has 7 nitrogen and oxygen atoms in total. The van der Waals surface area contributed by atoms with Gasteiger partial charge in [-0.2, -0.15) is 0 Å². The summed E-state index contributed by atoms with van der Waals surface area (Å²) in [5.74, 6) is 1.35. The minimum atomic E-state index is -0.446. The van der Waals surface area contributed by atoms with Crippen molar-refractivity contribution in [3.05, 3.63) is 47.6 Å². The second-order valence-corrected chi connectivity index (χ2v) is 7.46. The number of hydrogen-bond donors (Lipinski definition) is 0. The van der Waals surface area contributed by atoms with E-state index in [2.05, 4.69) is 15.0 Å². The van der Waals surface area contributed by atoms with Crippen LogP contribution in [-0.2, 0) is 16.9 Å². The summed E-state index contributed by atoms with van der Waals surface area (Å²) in [4.78, 5) is 31.8. The highest BCUT2D eigenvalue weighted by Gasteiger charge is 2.53. The number of amides is 1. The summed E-state index contributed by atoms with van der Waals surface area (Å²) >= 11 is 0. The average molecular weight is 351 g/mol. The lowest BCUT2D eigenvalue weighted by Crippen LogP contribution is -2.61. The van der Waals surface area contributed by atoms with Crippen LogP contribution >= 0.6 is 0 Å². The Bertz CT molecular complexity index is 829. The molecule has 1 saturated heterocycles. The van der Waals surface area contributed by atoms with E-state index < -0.39 is 5.60 Å². The molecule has 0 atom stereocenters. The fourth-order valence-electron chi connectivity index (χ4n) is 4.31. The molecule has 0 aromatic carbocycles. The number of hydrogen-bond acceptors (Lipinski definition) is 6. The first-order valence-electron chi connectivity index (χ1n) is 9.31. The predicted octanol–water partition coefficient (Wildman–Crippen LogP) is 2.20. The van der Waals surface area contributed by atoms with Gasteiger partial charge < -0.3 is 9.64 Å². The molecule has 7 heteroatoms. The Morgan fingerprint density at radius 3 is 2.73 bits per heavy atom. The van der Waals surface area contributed by atoms with Gasteiger partial charge in [0.25, 0.3) is 5.91 Å². The largest absolute Gasteiger partial charge is 0.360 e. The predicted molar refractivity (Wildman–Crippen MR) is 92.3 cm³/mol. The van der Waals surface area contributed by atoms with E-state index in [9.17, 15) is 4.79 Å². The number of nitrogens with zero attached hydrogens (tertiary/aromatic N) is 5. The van der Waals surface area contributed by atoms with Gasteiger partial charge in [-0.15, -0.1) is 0 Å². The molecule has 1 amide bonds. The number of fused-ring (bicyclic) bond motifs is 2. The molecule has 1 saturated carbocycles. The number of likely N-dealkylation sites (tertiary alicyclic amines) is 1. The van der Waals surface area contributed by atoms with Gasteiger partial charge in [0, 0.05) is 30.1 Å². The minimum absolute atomic E-state index is 0.111. The normalized spacial score (nSPS) is 21.5. The van der Waals surface area contributed by atoms with Crippen LogP contribution < -0.4 is 0 Å². The first-order valence-corrected chi connectivity index (χ1v) is 9.31. The van der Waals surface area contributed by atoms with Gasteiger partial charge in [0.05, 0.1) is 31.6 Å². The van der Waals surface area contributed by atoms with Crippen molar-refractivity contribution in [1.29, 1.82) is 0 Å². The first-order chi connectivity index (χ1) is 12.8. The lowest BCUT2D eigenvalue weighted by molar-refractivity contribution is -0.126. The van der Waals surface area contributed by atoms with E-state index in [0.29, 0.717) is 31.3 Å². The highest BCUT2D eigenvalue weighted by atomic mass is 16.5. The standard InChI is InChI=1S/C19H21N5O2/c25-18(15-9-20-6-7-21-15)24-11-19(12-24)14-8-22-17(23-16(14)10-26-19)13-4-2-1-3-5-13/h6-9,13H,1-5,10-12H2. The summed E-state index contributed by atoms with van der Waals surface area (Å²) in [5.41, 5.74) is 1.95. The molecule has 0 N–H and O–H groups in total. The fourth-order valence-corrected chi connectivity index (χ4v) is 4.31. The molecule has 1 aliphatic carbocycles. The molecule has 134 valence electrons. The molecule has 0 unspecified atom stereocenters. The lowest BCUT2D eigenvalue weighted by atomic mass is 9.86. The maximum Gasteiger partial charge on any atom is 0.274 e. The number of carbonyl (C=O) groups excluding carboxylic acids is 1. The summed E-state index contributed by atoms with van der Waals surface area (Å²) < 4.78 is 6.07. The zero-order valence-corrected chi connectivity index (χ0v) is 14.6.